The molecule has 0 radical (unpaired) electrons. The van der Waals surface area contributed by atoms with Crippen molar-refractivity contribution in [1.29, 1.82) is 0 Å². The van der Waals surface area contributed by atoms with Crippen molar-refractivity contribution in [3.63, 3.8) is 0 Å². The first-order valence-corrected chi connectivity index (χ1v) is 14.6. The molecular formula is C30H34FN11O2. The van der Waals surface area contributed by atoms with E-state index in [1.807, 2.05) is 45.9 Å². The van der Waals surface area contributed by atoms with Crippen LogP contribution in [-0.4, -0.2) is 81.7 Å². The Labute approximate surface area is 253 Å². The van der Waals surface area contributed by atoms with Crippen molar-refractivity contribution in [3.8, 4) is 5.82 Å². The molecule has 1 saturated heterocycles. The third kappa shape index (κ3) is 5.38. The molecule has 0 unspecified atom stereocenters. The van der Waals surface area contributed by atoms with Gasteiger partial charge >= 0.3 is 0 Å². The second kappa shape index (κ2) is 11.5. The van der Waals surface area contributed by atoms with Gasteiger partial charge in [0, 0.05) is 61.6 Å². The molecule has 228 valence electrons. The standard InChI is InChI=1S/C30H34FN11O2/c1-5-41-27(43)8-11-40(21(4)22-6-7-26(32-16-22)42-18-23(31)17-33-42)28(44)30(41)9-12-39(13-10-30)29-34-19(2)14-24(36-29)35-25-15-20(3)37-38-25/h6-8,11,14-18,21H,5,9-10,12-13H2,1-4H3,(H2,34,35,36,37,38)/t21-/m0/s1. The number of carbonyl (C=O) groups excluding carboxylic acids is 2. The third-order valence-corrected chi connectivity index (χ3v) is 8.24. The van der Waals surface area contributed by atoms with E-state index in [2.05, 4.69) is 35.5 Å². The fourth-order valence-electron chi connectivity index (χ4n) is 5.93. The SMILES string of the molecule is CCN1C(=O)C=CN([C@@H](C)c2ccc(-n3cc(F)cn3)nc2)C(=O)C12CCN(c1nc(C)cc(Nc3cc(C)[nH]n3)n1)CC2. The Hall–Kier alpha value is -5.14. The van der Waals surface area contributed by atoms with E-state index in [1.165, 1.54) is 17.0 Å². The van der Waals surface area contributed by atoms with Gasteiger partial charge in [-0.25, -0.2) is 19.0 Å². The molecule has 6 heterocycles. The molecule has 2 amide bonds. The Kier molecular flexibility index (Phi) is 7.57. The summed E-state index contributed by atoms with van der Waals surface area (Å²) in [7, 11) is 0. The Morgan fingerprint density at radius 2 is 1.89 bits per heavy atom. The smallest absolute Gasteiger partial charge is 0.253 e. The van der Waals surface area contributed by atoms with Crippen LogP contribution in [-0.2, 0) is 9.59 Å². The first-order valence-electron chi connectivity index (χ1n) is 14.6. The number of rotatable bonds is 7. The first kappa shape index (κ1) is 29.0. The van der Waals surface area contributed by atoms with Crippen molar-refractivity contribution in [2.75, 3.05) is 29.9 Å². The number of aryl methyl sites for hydroxylation is 2. The molecule has 44 heavy (non-hydrogen) atoms. The van der Waals surface area contributed by atoms with Crippen LogP contribution in [0.15, 0.2) is 55.1 Å². The fourth-order valence-corrected chi connectivity index (χ4v) is 5.93. The summed E-state index contributed by atoms with van der Waals surface area (Å²) in [5.41, 5.74) is 1.46. The van der Waals surface area contributed by atoms with Gasteiger partial charge < -0.3 is 20.0 Å². The number of piperidine rings is 1. The van der Waals surface area contributed by atoms with Gasteiger partial charge in [-0.3, -0.25) is 14.7 Å². The maximum Gasteiger partial charge on any atom is 0.253 e. The zero-order valence-corrected chi connectivity index (χ0v) is 25.0. The lowest BCUT2D eigenvalue weighted by molar-refractivity contribution is -0.151. The topological polar surface area (TPSA) is 141 Å². The van der Waals surface area contributed by atoms with Gasteiger partial charge in [0.1, 0.15) is 11.4 Å². The number of anilines is 3. The molecule has 0 aromatic carbocycles. The summed E-state index contributed by atoms with van der Waals surface area (Å²) in [5, 5.41) is 14.3. The number of aromatic amines is 1. The monoisotopic (exact) mass is 599 g/mol. The van der Waals surface area contributed by atoms with E-state index in [4.69, 9.17) is 4.98 Å². The molecule has 2 aliphatic heterocycles. The number of amides is 2. The van der Waals surface area contributed by atoms with Crippen LogP contribution in [0.25, 0.3) is 5.82 Å². The molecule has 14 heteroatoms. The van der Waals surface area contributed by atoms with E-state index >= 15 is 0 Å². The van der Waals surface area contributed by atoms with Gasteiger partial charge in [-0.15, -0.1) is 0 Å². The number of aromatic nitrogens is 7. The predicted molar refractivity (Wildman–Crippen MR) is 161 cm³/mol. The van der Waals surface area contributed by atoms with E-state index in [0.29, 0.717) is 55.9 Å². The van der Waals surface area contributed by atoms with Crippen LogP contribution in [0.5, 0.6) is 0 Å². The largest absolute Gasteiger partial charge is 0.341 e. The zero-order valence-electron chi connectivity index (χ0n) is 25.0. The molecule has 4 aromatic heterocycles. The third-order valence-electron chi connectivity index (χ3n) is 8.24. The van der Waals surface area contributed by atoms with Crippen LogP contribution in [0.4, 0.5) is 22.0 Å². The number of hydrogen-bond acceptors (Lipinski definition) is 9. The highest BCUT2D eigenvalue weighted by atomic mass is 19.1. The maximum absolute atomic E-state index is 14.4. The van der Waals surface area contributed by atoms with Crippen LogP contribution in [0, 0.1) is 19.7 Å². The molecular weight excluding hydrogens is 565 g/mol. The highest BCUT2D eigenvalue weighted by Crippen LogP contribution is 2.37. The Morgan fingerprint density at radius 3 is 2.52 bits per heavy atom. The fraction of sp³-hybridized carbons (Fsp3) is 0.367. The van der Waals surface area contributed by atoms with E-state index in [1.54, 1.807) is 28.3 Å². The van der Waals surface area contributed by atoms with Crippen molar-refractivity contribution in [2.45, 2.75) is 52.1 Å². The van der Waals surface area contributed by atoms with Crippen LogP contribution >= 0.6 is 0 Å². The number of nitrogens with zero attached hydrogens (tertiary/aromatic N) is 9. The number of nitrogens with one attached hydrogen (secondary N) is 2. The molecule has 2 N–H and O–H groups in total. The highest BCUT2D eigenvalue weighted by molar-refractivity contribution is 5.98. The molecule has 2 aliphatic rings. The second-order valence-corrected chi connectivity index (χ2v) is 11.1. The summed E-state index contributed by atoms with van der Waals surface area (Å²) in [5.74, 6) is 1.48. The molecule has 0 aliphatic carbocycles. The Morgan fingerprint density at radius 1 is 1.09 bits per heavy atom. The van der Waals surface area contributed by atoms with Crippen LogP contribution in [0.1, 0.15) is 49.7 Å². The minimum atomic E-state index is -1.03. The summed E-state index contributed by atoms with van der Waals surface area (Å²) in [4.78, 5) is 47.0. The number of halogens is 1. The van der Waals surface area contributed by atoms with E-state index in [0.717, 1.165) is 23.1 Å². The summed E-state index contributed by atoms with van der Waals surface area (Å²) >= 11 is 0. The molecule has 6 rings (SSSR count). The minimum Gasteiger partial charge on any atom is -0.341 e. The average Bonchev–Trinajstić information content (AvgIpc) is 3.62. The Bertz CT molecular complexity index is 1710. The normalized spacial score (nSPS) is 17.3. The lowest BCUT2D eigenvalue weighted by Crippen LogP contribution is -2.63. The number of H-pyrrole nitrogens is 1. The molecule has 13 nitrogen and oxygen atoms in total. The van der Waals surface area contributed by atoms with Gasteiger partial charge in [0.15, 0.2) is 17.5 Å². The predicted octanol–water partition coefficient (Wildman–Crippen LogP) is 3.58. The van der Waals surface area contributed by atoms with Crippen molar-refractivity contribution in [2.24, 2.45) is 0 Å². The number of likely N-dealkylation sites (N-methyl/N-ethyl adjacent to an activating group) is 1. The molecule has 1 fully saturated rings. The van der Waals surface area contributed by atoms with Crippen LogP contribution in [0.2, 0.25) is 0 Å². The van der Waals surface area contributed by atoms with Crippen LogP contribution in [0.3, 0.4) is 0 Å². The first-order chi connectivity index (χ1) is 21.2. The number of hydrogen-bond donors (Lipinski definition) is 2. The quantitative estimate of drug-likeness (QED) is 0.326. The summed E-state index contributed by atoms with van der Waals surface area (Å²) < 4.78 is 14.8. The van der Waals surface area contributed by atoms with Gasteiger partial charge in [0.05, 0.1) is 18.4 Å². The van der Waals surface area contributed by atoms with E-state index in [9.17, 15) is 14.0 Å². The Balaban J connectivity index is 1.23. The van der Waals surface area contributed by atoms with Gasteiger partial charge in [-0.05, 0) is 52.2 Å². The van der Waals surface area contributed by atoms with Gasteiger partial charge in [-0.1, -0.05) is 6.07 Å². The molecule has 4 aromatic rings. The van der Waals surface area contributed by atoms with Crippen molar-refractivity contribution in [1.82, 2.24) is 44.7 Å². The molecule has 0 bridgehead atoms. The maximum atomic E-state index is 14.4. The minimum absolute atomic E-state index is 0.145. The summed E-state index contributed by atoms with van der Waals surface area (Å²) in [6.07, 6.45) is 7.87. The number of carbonyl (C=O) groups is 2. The molecule has 0 saturated carbocycles. The van der Waals surface area contributed by atoms with Crippen molar-refractivity contribution >= 4 is 29.4 Å². The lowest BCUT2D eigenvalue weighted by Gasteiger charge is -2.48. The second-order valence-electron chi connectivity index (χ2n) is 11.1. The van der Waals surface area contributed by atoms with Crippen molar-refractivity contribution < 1.29 is 14.0 Å². The van der Waals surface area contributed by atoms with Gasteiger partial charge in [0.25, 0.3) is 5.91 Å². The summed E-state index contributed by atoms with van der Waals surface area (Å²) in [6.45, 7) is 8.99. The molecule has 1 atom stereocenters. The summed E-state index contributed by atoms with van der Waals surface area (Å²) in [6, 6.07) is 6.89. The highest BCUT2D eigenvalue weighted by Gasteiger charge is 2.51. The van der Waals surface area contributed by atoms with E-state index in [-0.39, 0.29) is 11.8 Å². The average molecular weight is 600 g/mol. The van der Waals surface area contributed by atoms with Crippen LogP contribution < -0.4 is 10.2 Å². The van der Waals surface area contributed by atoms with Crippen molar-refractivity contribution in [3.05, 3.63) is 77.9 Å². The number of pyridine rings is 1. The molecule has 1 spiro atoms. The lowest BCUT2D eigenvalue weighted by atomic mass is 9.83. The zero-order chi connectivity index (χ0) is 31.0. The van der Waals surface area contributed by atoms with E-state index < -0.39 is 17.4 Å². The van der Waals surface area contributed by atoms with Gasteiger partial charge in [0.2, 0.25) is 11.9 Å². The van der Waals surface area contributed by atoms with Gasteiger partial charge in [-0.2, -0.15) is 15.2 Å².